The number of carbonyl (C=O) groups excluding carboxylic acids is 2. The summed E-state index contributed by atoms with van der Waals surface area (Å²) in [7, 11) is 0. The van der Waals surface area contributed by atoms with Gasteiger partial charge in [-0.25, -0.2) is 0 Å². The van der Waals surface area contributed by atoms with Crippen molar-refractivity contribution in [2.75, 3.05) is 13.1 Å². The zero-order valence-electron chi connectivity index (χ0n) is 24.4. The van der Waals surface area contributed by atoms with Crippen molar-refractivity contribution < 1.29 is 28.5 Å². The average Bonchev–Trinajstić information content (AvgIpc) is 3.36. The third-order valence-corrected chi connectivity index (χ3v) is 9.40. The number of carbonyl (C=O) groups is 2. The Labute approximate surface area is 229 Å². The minimum Gasteiger partial charge on any atom is -0.434 e. The highest BCUT2D eigenvalue weighted by Crippen LogP contribution is 2.38. The van der Waals surface area contributed by atoms with Gasteiger partial charge in [0, 0.05) is 13.1 Å². The van der Waals surface area contributed by atoms with E-state index in [1.807, 2.05) is 0 Å². The minimum atomic E-state index is -0.548. The average molecular weight is 537 g/mol. The predicted molar refractivity (Wildman–Crippen MR) is 145 cm³/mol. The second-order valence-corrected chi connectivity index (χ2v) is 13.2. The van der Waals surface area contributed by atoms with E-state index in [2.05, 4.69) is 52.2 Å². The number of nitrogens with one attached hydrogen (secondary N) is 2. The smallest absolute Gasteiger partial charge is 0.309 e. The van der Waals surface area contributed by atoms with Crippen molar-refractivity contribution in [1.82, 2.24) is 10.6 Å². The van der Waals surface area contributed by atoms with Gasteiger partial charge in [-0.3, -0.25) is 9.59 Å². The van der Waals surface area contributed by atoms with Crippen LogP contribution in [0.3, 0.4) is 0 Å². The normalized spacial score (nSPS) is 40.1. The second-order valence-electron chi connectivity index (χ2n) is 13.2. The van der Waals surface area contributed by atoms with E-state index in [0.717, 1.165) is 25.7 Å². The third kappa shape index (κ3) is 7.70. The van der Waals surface area contributed by atoms with E-state index in [1.54, 1.807) is 0 Å². The van der Waals surface area contributed by atoms with Gasteiger partial charge in [-0.1, -0.05) is 54.4 Å². The van der Waals surface area contributed by atoms with Gasteiger partial charge in [0.15, 0.2) is 0 Å². The summed E-state index contributed by atoms with van der Waals surface area (Å²) < 4.78 is 24.1. The first-order chi connectivity index (χ1) is 18.1. The van der Waals surface area contributed by atoms with Crippen molar-refractivity contribution >= 4 is 11.9 Å². The van der Waals surface area contributed by atoms with Gasteiger partial charge < -0.3 is 29.6 Å². The largest absolute Gasteiger partial charge is 0.434 e. The highest BCUT2D eigenvalue weighted by molar-refractivity contribution is 5.73. The number of hydrogen-bond donors (Lipinski definition) is 2. The molecule has 0 radical (unpaired) electrons. The van der Waals surface area contributed by atoms with Crippen LogP contribution in [0.5, 0.6) is 0 Å². The Morgan fingerprint density at radius 1 is 0.711 bits per heavy atom. The van der Waals surface area contributed by atoms with Gasteiger partial charge >= 0.3 is 11.9 Å². The molecule has 4 aliphatic rings. The quantitative estimate of drug-likeness (QED) is 0.296. The fourth-order valence-electron chi connectivity index (χ4n) is 7.06. The molecule has 0 aromatic rings. The number of cyclic esters (lactones) is 2. The first kappa shape index (κ1) is 29.8. The summed E-state index contributed by atoms with van der Waals surface area (Å²) in [6.07, 6.45) is 6.58. The standard InChI is InChI=1S/C30H52N2O6/c1-17(2)21-9-7-19(5)13-25(21)35-29-23(15-27(33)37-29)31-11-12-32-24-16-28(34)38-30(24)36-26-14-20(6)8-10-22(26)18(3)4/h17-26,29-32H,7-16H2,1-6H3/t19-,20-,21+,22+,23+,24+,25-,26-,29+,30+/m1/s1. The van der Waals surface area contributed by atoms with Crippen LogP contribution in [0.4, 0.5) is 0 Å². The van der Waals surface area contributed by atoms with Crippen LogP contribution in [0.1, 0.15) is 92.9 Å². The molecule has 2 N–H and O–H groups in total. The van der Waals surface area contributed by atoms with E-state index in [4.69, 9.17) is 18.9 Å². The van der Waals surface area contributed by atoms with E-state index in [-0.39, 0.29) is 36.2 Å². The molecule has 0 spiro atoms. The first-order valence-electron chi connectivity index (χ1n) is 15.3. The summed E-state index contributed by atoms with van der Waals surface area (Å²) in [6, 6.07) is -0.336. The summed E-state index contributed by atoms with van der Waals surface area (Å²) in [5, 5.41) is 6.93. The summed E-state index contributed by atoms with van der Waals surface area (Å²) in [5.74, 6) is 2.90. The van der Waals surface area contributed by atoms with Crippen LogP contribution in [0.15, 0.2) is 0 Å². The van der Waals surface area contributed by atoms with E-state index >= 15 is 0 Å². The van der Waals surface area contributed by atoms with Crippen LogP contribution in [0.25, 0.3) is 0 Å². The molecule has 8 heteroatoms. The Bertz CT molecular complexity index is 727. The molecule has 4 rings (SSSR count). The van der Waals surface area contributed by atoms with Gasteiger partial charge in [-0.2, -0.15) is 0 Å². The van der Waals surface area contributed by atoms with Gasteiger partial charge in [0.1, 0.15) is 0 Å². The molecule has 2 saturated carbocycles. The zero-order valence-corrected chi connectivity index (χ0v) is 24.4. The predicted octanol–water partition coefficient (Wildman–Crippen LogP) is 4.40. The molecule has 38 heavy (non-hydrogen) atoms. The van der Waals surface area contributed by atoms with Crippen LogP contribution >= 0.6 is 0 Å². The summed E-state index contributed by atoms with van der Waals surface area (Å²) >= 11 is 0. The first-order valence-corrected chi connectivity index (χ1v) is 15.3. The number of hydrogen-bond acceptors (Lipinski definition) is 8. The molecule has 0 bridgehead atoms. The van der Waals surface area contributed by atoms with Gasteiger partial charge in [-0.05, 0) is 61.2 Å². The Morgan fingerprint density at radius 2 is 1.11 bits per heavy atom. The van der Waals surface area contributed by atoms with Gasteiger partial charge in [0.2, 0.25) is 12.6 Å². The molecule has 0 aromatic carbocycles. The van der Waals surface area contributed by atoms with Gasteiger partial charge in [-0.15, -0.1) is 0 Å². The molecule has 2 heterocycles. The van der Waals surface area contributed by atoms with Crippen molar-refractivity contribution in [3.63, 3.8) is 0 Å². The molecule has 10 atom stereocenters. The molecular weight excluding hydrogens is 484 g/mol. The Balaban J connectivity index is 1.26. The Hall–Kier alpha value is -1.22. The number of ether oxygens (including phenoxy) is 4. The van der Waals surface area contributed by atoms with Crippen LogP contribution in [-0.4, -0.2) is 61.9 Å². The topological polar surface area (TPSA) is 95.1 Å². The van der Waals surface area contributed by atoms with E-state index in [0.29, 0.717) is 61.4 Å². The molecule has 2 aliphatic carbocycles. The zero-order chi connectivity index (χ0) is 27.4. The molecule has 4 fully saturated rings. The molecular formula is C30H52N2O6. The highest BCUT2D eigenvalue weighted by Gasteiger charge is 2.42. The molecule has 0 unspecified atom stereocenters. The lowest BCUT2D eigenvalue weighted by atomic mass is 9.75. The lowest BCUT2D eigenvalue weighted by Gasteiger charge is -2.39. The number of esters is 2. The van der Waals surface area contributed by atoms with Crippen molar-refractivity contribution in [2.45, 2.75) is 130 Å². The van der Waals surface area contributed by atoms with Crippen LogP contribution in [-0.2, 0) is 28.5 Å². The highest BCUT2D eigenvalue weighted by atomic mass is 16.7. The van der Waals surface area contributed by atoms with Gasteiger partial charge in [0.05, 0.1) is 37.1 Å². The van der Waals surface area contributed by atoms with Crippen LogP contribution in [0.2, 0.25) is 0 Å². The SMILES string of the molecule is CC(C)[C@@H]1CC[C@@H](C)C[C@H]1O[C@H]1OC(=O)C[C@@H]1NCCN[C@H]1CC(=O)O[C@@H]1O[C@@H]1C[C@H](C)CC[C@H]1C(C)C. The summed E-state index contributed by atoms with van der Waals surface area (Å²) in [6.45, 7) is 14.8. The van der Waals surface area contributed by atoms with Crippen LogP contribution in [0, 0.1) is 35.5 Å². The fraction of sp³-hybridized carbons (Fsp3) is 0.933. The lowest BCUT2D eigenvalue weighted by Crippen LogP contribution is -2.48. The molecule has 218 valence electrons. The molecule has 2 saturated heterocycles. The van der Waals surface area contributed by atoms with Crippen molar-refractivity contribution in [3.05, 3.63) is 0 Å². The van der Waals surface area contributed by atoms with E-state index < -0.39 is 12.6 Å². The van der Waals surface area contributed by atoms with E-state index in [1.165, 1.54) is 12.8 Å². The Kier molecular flexibility index (Phi) is 10.5. The molecule has 8 nitrogen and oxygen atoms in total. The molecule has 0 amide bonds. The van der Waals surface area contributed by atoms with Crippen molar-refractivity contribution in [2.24, 2.45) is 35.5 Å². The Morgan fingerprint density at radius 3 is 1.47 bits per heavy atom. The van der Waals surface area contributed by atoms with Gasteiger partial charge in [0.25, 0.3) is 0 Å². The van der Waals surface area contributed by atoms with E-state index in [9.17, 15) is 9.59 Å². The lowest BCUT2D eigenvalue weighted by molar-refractivity contribution is -0.192. The maximum absolute atomic E-state index is 12.2. The second kappa shape index (κ2) is 13.4. The van der Waals surface area contributed by atoms with Crippen LogP contribution < -0.4 is 10.6 Å². The maximum atomic E-state index is 12.2. The minimum absolute atomic E-state index is 0.119. The van der Waals surface area contributed by atoms with Crippen molar-refractivity contribution in [1.29, 1.82) is 0 Å². The number of rotatable bonds is 11. The fourth-order valence-corrected chi connectivity index (χ4v) is 7.06. The third-order valence-electron chi connectivity index (χ3n) is 9.40. The molecule has 0 aromatic heterocycles. The summed E-state index contributed by atoms with van der Waals surface area (Å²) in [4.78, 5) is 24.3. The maximum Gasteiger partial charge on any atom is 0.309 e. The summed E-state index contributed by atoms with van der Waals surface area (Å²) in [5.41, 5.74) is 0. The monoisotopic (exact) mass is 536 g/mol. The van der Waals surface area contributed by atoms with Crippen molar-refractivity contribution in [3.8, 4) is 0 Å². The molecule has 2 aliphatic heterocycles.